The molecule has 0 aliphatic heterocycles. The molecule has 0 unspecified atom stereocenters. The largest absolute Gasteiger partial charge is 0.392 e. The minimum absolute atomic E-state index is 0.0592. The average Bonchev–Trinajstić information content (AvgIpc) is 2.47. The van der Waals surface area contributed by atoms with Gasteiger partial charge in [-0.15, -0.1) is 11.8 Å². The maximum Gasteiger partial charge on any atom is 0.261 e. The maximum atomic E-state index is 13.3. The molecule has 0 amide bonds. The van der Waals surface area contributed by atoms with E-state index in [1.165, 1.54) is 17.8 Å². The number of aliphatic hydroxyl groups excluding tert-OH is 1. The van der Waals surface area contributed by atoms with Gasteiger partial charge in [0, 0.05) is 10.5 Å². The van der Waals surface area contributed by atoms with E-state index in [0.29, 0.717) is 5.69 Å². The third-order valence-corrected chi connectivity index (χ3v) is 5.01. The lowest BCUT2D eigenvalue weighted by Crippen LogP contribution is -2.14. The highest BCUT2D eigenvalue weighted by atomic mass is 32.2. The molecule has 0 aliphatic carbocycles. The molecule has 0 aliphatic rings. The van der Waals surface area contributed by atoms with Crippen molar-refractivity contribution in [1.29, 1.82) is 0 Å². The molecule has 4 nitrogen and oxygen atoms in total. The minimum Gasteiger partial charge on any atom is -0.392 e. The van der Waals surface area contributed by atoms with E-state index in [-0.39, 0.29) is 10.5 Å². The number of anilines is 1. The van der Waals surface area contributed by atoms with Crippen LogP contribution in [0.25, 0.3) is 0 Å². The van der Waals surface area contributed by atoms with E-state index >= 15 is 0 Å². The Hall–Kier alpha value is -1.57. The summed E-state index contributed by atoms with van der Waals surface area (Å²) in [5, 5.41) is 9.02. The SMILES string of the molecule is CSc1ccccc1NS(=O)(=O)c1ccc(F)c(CO)c1. The molecule has 0 bridgehead atoms. The van der Waals surface area contributed by atoms with Gasteiger partial charge in [0.2, 0.25) is 0 Å². The molecule has 0 heterocycles. The number of benzene rings is 2. The Labute approximate surface area is 127 Å². The van der Waals surface area contributed by atoms with Gasteiger partial charge in [-0.25, -0.2) is 12.8 Å². The van der Waals surface area contributed by atoms with Gasteiger partial charge in [-0.1, -0.05) is 12.1 Å². The fourth-order valence-electron chi connectivity index (χ4n) is 1.77. The maximum absolute atomic E-state index is 13.3. The number of aliphatic hydroxyl groups is 1. The van der Waals surface area contributed by atoms with E-state index in [9.17, 15) is 12.8 Å². The summed E-state index contributed by atoms with van der Waals surface area (Å²) < 4.78 is 40.4. The fourth-order valence-corrected chi connectivity index (χ4v) is 3.52. The van der Waals surface area contributed by atoms with Crippen LogP contribution in [0.2, 0.25) is 0 Å². The zero-order chi connectivity index (χ0) is 15.5. The highest BCUT2D eigenvalue weighted by Crippen LogP contribution is 2.27. The predicted octanol–water partition coefficient (Wildman–Crippen LogP) is 2.84. The van der Waals surface area contributed by atoms with E-state index in [2.05, 4.69) is 4.72 Å². The summed E-state index contributed by atoms with van der Waals surface area (Å²) in [5.74, 6) is -0.638. The van der Waals surface area contributed by atoms with Crippen molar-refractivity contribution >= 4 is 27.5 Å². The lowest BCUT2D eigenvalue weighted by Gasteiger charge is -2.12. The van der Waals surface area contributed by atoms with Crippen LogP contribution in [-0.2, 0) is 16.6 Å². The van der Waals surface area contributed by atoms with Gasteiger partial charge in [0.15, 0.2) is 0 Å². The summed E-state index contributed by atoms with van der Waals surface area (Å²) >= 11 is 1.41. The van der Waals surface area contributed by atoms with Crippen LogP contribution in [0.15, 0.2) is 52.3 Å². The number of para-hydroxylation sites is 1. The normalized spacial score (nSPS) is 11.4. The van der Waals surface area contributed by atoms with Crippen LogP contribution in [0, 0.1) is 5.82 Å². The minimum atomic E-state index is -3.84. The molecule has 2 rings (SSSR count). The van der Waals surface area contributed by atoms with Crippen LogP contribution in [0.3, 0.4) is 0 Å². The summed E-state index contributed by atoms with van der Waals surface area (Å²) in [6.45, 7) is -0.559. The van der Waals surface area contributed by atoms with Crippen LogP contribution >= 0.6 is 11.8 Å². The summed E-state index contributed by atoms with van der Waals surface area (Å²) in [4.78, 5) is 0.689. The van der Waals surface area contributed by atoms with Crippen molar-refractivity contribution in [3.05, 3.63) is 53.8 Å². The van der Waals surface area contributed by atoms with Crippen LogP contribution in [0.4, 0.5) is 10.1 Å². The van der Waals surface area contributed by atoms with Gasteiger partial charge < -0.3 is 5.11 Å². The Morgan fingerprint density at radius 2 is 1.95 bits per heavy atom. The molecule has 7 heteroatoms. The third kappa shape index (κ3) is 3.55. The summed E-state index contributed by atoms with van der Waals surface area (Å²) in [6.07, 6.45) is 1.84. The van der Waals surface area contributed by atoms with Crippen LogP contribution in [-0.4, -0.2) is 19.8 Å². The molecule has 21 heavy (non-hydrogen) atoms. The molecule has 2 aromatic carbocycles. The highest BCUT2D eigenvalue weighted by Gasteiger charge is 2.17. The Morgan fingerprint density at radius 1 is 1.24 bits per heavy atom. The summed E-state index contributed by atoms with van der Waals surface area (Å²) in [6, 6.07) is 10.3. The number of thioether (sulfide) groups is 1. The summed E-state index contributed by atoms with van der Waals surface area (Å²) in [5.41, 5.74) is 0.399. The number of hydrogen-bond acceptors (Lipinski definition) is 4. The molecule has 0 atom stereocenters. The fraction of sp³-hybridized carbons (Fsp3) is 0.143. The van der Waals surface area contributed by atoms with Crippen LogP contribution in [0.5, 0.6) is 0 Å². The molecule has 0 aromatic heterocycles. The zero-order valence-corrected chi connectivity index (χ0v) is 12.8. The molecule has 0 spiro atoms. The Morgan fingerprint density at radius 3 is 2.62 bits per heavy atom. The van der Waals surface area contributed by atoms with Crippen molar-refractivity contribution in [1.82, 2.24) is 0 Å². The smallest absolute Gasteiger partial charge is 0.261 e. The van der Waals surface area contributed by atoms with Crippen molar-refractivity contribution in [3.63, 3.8) is 0 Å². The predicted molar refractivity (Wildman–Crippen MR) is 81.4 cm³/mol. The van der Waals surface area contributed by atoms with Gasteiger partial charge in [0.1, 0.15) is 5.82 Å². The van der Waals surface area contributed by atoms with E-state index in [4.69, 9.17) is 5.11 Å². The number of halogens is 1. The van der Waals surface area contributed by atoms with Crippen molar-refractivity contribution in [2.45, 2.75) is 16.4 Å². The standard InChI is InChI=1S/C14H14FNO3S2/c1-20-14-5-3-2-4-13(14)16-21(18,19)11-6-7-12(15)10(8-11)9-17/h2-8,16-17H,9H2,1H3. The van der Waals surface area contributed by atoms with Crippen molar-refractivity contribution < 1.29 is 17.9 Å². The van der Waals surface area contributed by atoms with Crippen molar-refractivity contribution in [3.8, 4) is 0 Å². The molecule has 0 saturated heterocycles. The molecule has 2 aromatic rings. The number of hydrogen-bond donors (Lipinski definition) is 2. The number of rotatable bonds is 5. The van der Waals surface area contributed by atoms with Gasteiger partial charge in [-0.3, -0.25) is 4.72 Å². The first-order valence-electron chi connectivity index (χ1n) is 6.03. The molecule has 0 saturated carbocycles. The van der Waals surface area contributed by atoms with Gasteiger partial charge in [0.25, 0.3) is 10.0 Å². The first-order chi connectivity index (χ1) is 9.97. The van der Waals surface area contributed by atoms with Crippen LogP contribution < -0.4 is 4.72 Å². The Kier molecular flexibility index (Phi) is 4.87. The van der Waals surface area contributed by atoms with E-state index in [1.54, 1.807) is 18.2 Å². The van der Waals surface area contributed by atoms with E-state index in [0.717, 1.165) is 17.0 Å². The second-order valence-electron chi connectivity index (χ2n) is 4.22. The second kappa shape index (κ2) is 6.46. The van der Waals surface area contributed by atoms with Gasteiger partial charge in [-0.2, -0.15) is 0 Å². The zero-order valence-electron chi connectivity index (χ0n) is 11.2. The first kappa shape index (κ1) is 15.8. The Balaban J connectivity index is 2.38. The van der Waals surface area contributed by atoms with E-state index < -0.39 is 22.4 Å². The van der Waals surface area contributed by atoms with Gasteiger partial charge in [-0.05, 0) is 36.6 Å². The first-order valence-corrected chi connectivity index (χ1v) is 8.74. The summed E-state index contributed by atoms with van der Waals surface area (Å²) in [7, 11) is -3.84. The Bertz CT molecular complexity index is 748. The second-order valence-corrected chi connectivity index (χ2v) is 6.75. The number of sulfonamides is 1. The average molecular weight is 327 g/mol. The quantitative estimate of drug-likeness (QED) is 0.829. The van der Waals surface area contributed by atoms with Crippen molar-refractivity contribution in [2.75, 3.05) is 11.0 Å². The lowest BCUT2D eigenvalue weighted by molar-refractivity contribution is 0.275. The third-order valence-electron chi connectivity index (χ3n) is 2.85. The molecular weight excluding hydrogens is 313 g/mol. The monoisotopic (exact) mass is 327 g/mol. The van der Waals surface area contributed by atoms with Crippen LogP contribution in [0.1, 0.15) is 5.56 Å². The topological polar surface area (TPSA) is 66.4 Å². The molecule has 0 fully saturated rings. The molecule has 112 valence electrons. The van der Waals surface area contributed by atoms with E-state index in [1.807, 2.05) is 12.3 Å². The molecule has 2 N–H and O–H groups in total. The highest BCUT2D eigenvalue weighted by molar-refractivity contribution is 7.99. The van der Waals surface area contributed by atoms with Gasteiger partial charge >= 0.3 is 0 Å². The molecule has 0 radical (unpaired) electrons. The van der Waals surface area contributed by atoms with Crippen molar-refractivity contribution in [2.24, 2.45) is 0 Å². The van der Waals surface area contributed by atoms with Gasteiger partial charge in [0.05, 0.1) is 17.2 Å². The lowest BCUT2D eigenvalue weighted by atomic mass is 10.2. The molecular formula is C14H14FNO3S2. The number of nitrogens with one attached hydrogen (secondary N) is 1.